The van der Waals surface area contributed by atoms with Crippen molar-refractivity contribution in [1.82, 2.24) is 9.47 Å². The highest BCUT2D eigenvalue weighted by molar-refractivity contribution is 7.07. The zero-order chi connectivity index (χ0) is 28.3. The van der Waals surface area contributed by atoms with Crippen molar-refractivity contribution in [2.75, 3.05) is 41.5 Å². The monoisotopic (exact) mass is 551 g/mol. The van der Waals surface area contributed by atoms with Crippen LogP contribution in [0.2, 0.25) is 0 Å². The van der Waals surface area contributed by atoms with Crippen LogP contribution in [0.15, 0.2) is 57.5 Å². The quantitative estimate of drug-likeness (QED) is 0.406. The molecule has 3 aromatic rings. The molecule has 9 nitrogen and oxygen atoms in total. The van der Waals surface area contributed by atoms with Crippen LogP contribution in [0.1, 0.15) is 37.9 Å². The summed E-state index contributed by atoms with van der Waals surface area (Å²) in [5, 5.41) is 0. The average molecular weight is 552 g/mol. The van der Waals surface area contributed by atoms with Crippen LogP contribution in [0, 0.1) is 0 Å². The van der Waals surface area contributed by atoms with Crippen molar-refractivity contribution in [3.63, 3.8) is 0 Å². The second-order valence-electron chi connectivity index (χ2n) is 8.75. The average Bonchev–Trinajstić information content (AvgIpc) is 3.26. The Morgan fingerprint density at radius 3 is 2.21 bits per heavy atom. The molecule has 0 aliphatic carbocycles. The molecule has 0 saturated heterocycles. The smallest absolute Gasteiger partial charge is 0.271 e. The molecule has 1 amide bonds. The zero-order valence-electron chi connectivity index (χ0n) is 23.2. The van der Waals surface area contributed by atoms with Crippen molar-refractivity contribution >= 4 is 23.3 Å². The second kappa shape index (κ2) is 11.8. The molecule has 1 aliphatic rings. The van der Waals surface area contributed by atoms with Gasteiger partial charge in [-0.05, 0) is 39.0 Å². The number of benzene rings is 2. The van der Waals surface area contributed by atoms with Gasteiger partial charge >= 0.3 is 0 Å². The fourth-order valence-electron chi connectivity index (χ4n) is 4.77. The van der Waals surface area contributed by atoms with Crippen LogP contribution < -0.4 is 33.8 Å². The maximum Gasteiger partial charge on any atom is 0.271 e. The number of fused-ring (bicyclic) bond motifs is 1. The number of hydrogen-bond donors (Lipinski definition) is 0. The van der Waals surface area contributed by atoms with Gasteiger partial charge in [0.25, 0.3) is 11.5 Å². The molecule has 2 heterocycles. The van der Waals surface area contributed by atoms with E-state index in [9.17, 15) is 9.59 Å². The van der Waals surface area contributed by atoms with Crippen molar-refractivity contribution in [2.24, 2.45) is 4.99 Å². The SMILES string of the molecule is CCN(CC)C(=O)C1=C(C)N=c2s/c(=C/c3cc(OC)c(OC)cc3OC)c(=O)n2[C@@H]1c1ccccc1OC. The minimum Gasteiger partial charge on any atom is -0.496 e. The predicted molar refractivity (Wildman–Crippen MR) is 151 cm³/mol. The fraction of sp³-hybridized carbons (Fsp3) is 0.345. The summed E-state index contributed by atoms with van der Waals surface area (Å²) in [7, 11) is 6.23. The first-order valence-electron chi connectivity index (χ1n) is 12.6. The third-order valence-corrected chi connectivity index (χ3v) is 7.74. The fourth-order valence-corrected chi connectivity index (χ4v) is 5.81. The Kier molecular flexibility index (Phi) is 8.44. The Morgan fingerprint density at radius 1 is 0.974 bits per heavy atom. The topological polar surface area (TPSA) is 91.6 Å². The number of amides is 1. The first-order valence-corrected chi connectivity index (χ1v) is 13.4. The summed E-state index contributed by atoms with van der Waals surface area (Å²) in [5.74, 6) is 1.96. The number of aromatic nitrogens is 1. The Balaban J connectivity index is 2.01. The van der Waals surface area contributed by atoms with Crippen LogP contribution in [0.5, 0.6) is 23.0 Å². The van der Waals surface area contributed by atoms with E-state index in [0.29, 0.717) is 67.8 Å². The van der Waals surface area contributed by atoms with Crippen LogP contribution in [0.4, 0.5) is 0 Å². The molecule has 0 fully saturated rings. The number of allylic oxidation sites excluding steroid dienone is 1. The van der Waals surface area contributed by atoms with Crippen LogP contribution >= 0.6 is 11.3 Å². The summed E-state index contributed by atoms with van der Waals surface area (Å²) in [6, 6.07) is 10.2. The van der Waals surface area contributed by atoms with E-state index < -0.39 is 6.04 Å². The van der Waals surface area contributed by atoms with E-state index >= 15 is 0 Å². The standard InChI is InChI=1S/C29H33N3O6S/c1-8-31(9-2)28(34)25-17(3)30-29-32(26(25)19-12-10-11-13-20(19)35-4)27(33)24(39-29)15-18-14-22(37-6)23(38-7)16-21(18)36-5/h10-16,26H,8-9H2,1-7H3/b24-15+/t26-/m1/s1. The number of nitrogens with zero attached hydrogens (tertiary/aromatic N) is 3. The van der Waals surface area contributed by atoms with Crippen LogP contribution in [0.25, 0.3) is 6.08 Å². The number of methoxy groups -OCH3 is 4. The van der Waals surface area contributed by atoms with Crippen LogP contribution in [0.3, 0.4) is 0 Å². The van der Waals surface area contributed by atoms with E-state index in [1.54, 1.807) is 56.1 Å². The second-order valence-corrected chi connectivity index (χ2v) is 9.76. The van der Waals surface area contributed by atoms with Crippen LogP contribution in [-0.2, 0) is 4.79 Å². The molecule has 0 bridgehead atoms. The normalized spacial score (nSPS) is 14.9. The molecule has 1 aromatic heterocycles. The van der Waals surface area contributed by atoms with Crippen molar-refractivity contribution in [1.29, 1.82) is 0 Å². The number of carbonyl (C=O) groups excluding carboxylic acids is 1. The number of rotatable bonds is 9. The van der Waals surface area contributed by atoms with E-state index in [4.69, 9.17) is 23.9 Å². The highest BCUT2D eigenvalue weighted by Gasteiger charge is 2.35. The maximum absolute atomic E-state index is 14.1. The molecule has 206 valence electrons. The van der Waals surface area contributed by atoms with Gasteiger partial charge in [-0.1, -0.05) is 29.5 Å². The highest BCUT2D eigenvalue weighted by Crippen LogP contribution is 2.37. The van der Waals surface area contributed by atoms with E-state index in [0.717, 1.165) is 0 Å². The summed E-state index contributed by atoms with van der Waals surface area (Å²) in [5.41, 5.74) is 2.10. The molecule has 0 N–H and O–H groups in total. The van der Waals surface area contributed by atoms with E-state index in [1.165, 1.54) is 11.3 Å². The molecular weight excluding hydrogens is 518 g/mol. The minimum atomic E-state index is -0.708. The number of likely N-dealkylation sites (N-methyl/N-ethyl adjacent to an activating group) is 1. The first kappa shape index (κ1) is 28.0. The maximum atomic E-state index is 14.1. The lowest BCUT2D eigenvalue weighted by Gasteiger charge is -2.29. The molecule has 0 saturated carbocycles. The summed E-state index contributed by atoms with van der Waals surface area (Å²) in [6.07, 6.45) is 1.75. The summed E-state index contributed by atoms with van der Waals surface area (Å²) in [4.78, 5) is 34.8. The Morgan fingerprint density at radius 2 is 1.59 bits per heavy atom. The molecule has 4 rings (SSSR count). The van der Waals surface area contributed by atoms with E-state index in [2.05, 4.69) is 0 Å². The summed E-state index contributed by atoms with van der Waals surface area (Å²) in [6.45, 7) is 6.75. The van der Waals surface area contributed by atoms with Gasteiger partial charge in [0, 0.05) is 30.3 Å². The molecule has 10 heteroatoms. The van der Waals surface area contributed by atoms with Crippen molar-refractivity contribution in [2.45, 2.75) is 26.8 Å². The molecule has 2 aromatic carbocycles. The number of hydrogen-bond acceptors (Lipinski definition) is 8. The van der Waals surface area contributed by atoms with Crippen molar-refractivity contribution < 1.29 is 23.7 Å². The molecule has 1 atom stereocenters. The van der Waals surface area contributed by atoms with Gasteiger partial charge in [0.1, 0.15) is 17.5 Å². The first-order chi connectivity index (χ1) is 18.8. The molecular formula is C29H33N3O6S. The Labute approximate surface area is 231 Å². The minimum absolute atomic E-state index is 0.159. The largest absolute Gasteiger partial charge is 0.496 e. The van der Waals surface area contributed by atoms with Gasteiger partial charge in [0.2, 0.25) is 0 Å². The van der Waals surface area contributed by atoms with Crippen molar-refractivity contribution in [3.8, 4) is 23.0 Å². The van der Waals surface area contributed by atoms with Gasteiger partial charge < -0.3 is 23.8 Å². The Hall–Kier alpha value is -4.05. The molecule has 0 unspecified atom stereocenters. The lowest BCUT2D eigenvalue weighted by atomic mass is 9.94. The number of thiazole rings is 1. The number of carbonyl (C=O) groups is 1. The van der Waals surface area contributed by atoms with Gasteiger partial charge in [0.05, 0.1) is 44.2 Å². The third kappa shape index (κ3) is 5.04. The van der Waals surface area contributed by atoms with Gasteiger partial charge in [-0.2, -0.15) is 0 Å². The van der Waals surface area contributed by atoms with E-state index in [1.807, 2.05) is 45.0 Å². The van der Waals surface area contributed by atoms with E-state index in [-0.39, 0.29) is 11.5 Å². The number of para-hydroxylation sites is 1. The van der Waals surface area contributed by atoms with Crippen molar-refractivity contribution in [3.05, 3.63) is 78.5 Å². The predicted octanol–water partition coefficient (Wildman–Crippen LogP) is 3.14. The lowest BCUT2D eigenvalue weighted by molar-refractivity contribution is -0.127. The molecule has 0 spiro atoms. The molecule has 39 heavy (non-hydrogen) atoms. The van der Waals surface area contributed by atoms with Gasteiger partial charge in [-0.25, -0.2) is 4.99 Å². The summed E-state index contributed by atoms with van der Waals surface area (Å²) < 4.78 is 24.1. The summed E-state index contributed by atoms with van der Waals surface area (Å²) >= 11 is 1.25. The molecule has 1 aliphatic heterocycles. The van der Waals surface area contributed by atoms with Gasteiger partial charge in [-0.15, -0.1) is 0 Å². The number of ether oxygens (including phenoxy) is 4. The molecule has 0 radical (unpaired) electrons. The highest BCUT2D eigenvalue weighted by atomic mass is 32.1. The van der Waals surface area contributed by atoms with Gasteiger partial charge in [-0.3, -0.25) is 14.2 Å². The van der Waals surface area contributed by atoms with Gasteiger partial charge in [0.15, 0.2) is 16.3 Å². The van der Waals surface area contributed by atoms with Crippen LogP contribution in [-0.4, -0.2) is 56.9 Å². The lowest BCUT2D eigenvalue weighted by Crippen LogP contribution is -2.43. The zero-order valence-corrected chi connectivity index (χ0v) is 24.0. The third-order valence-electron chi connectivity index (χ3n) is 6.76. The Bertz CT molecular complexity index is 1600.